The Morgan fingerprint density at radius 1 is 1.05 bits per heavy atom. The van der Waals surface area contributed by atoms with Gasteiger partial charge in [0.05, 0.1) is 17.3 Å². The molecular formula is C12H27NO4S2. The molecule has 1 N–H and O–H groups in total. The van der Waals surface area contributed by atoms with Crippen LogP contribution >= 0.6 is 0 Å². The second kappa shape index (κ2) is 7.04. The maximum atomic E-state index is 12.0. The van der Waals surface area contributed by atoms with Crippen LogP contribution in [0.15, 0.2) is 0 Å². The van der Waals surface area contributed by atoms with E-state index in [1.54, 1.807) is 0 Å². The van der Waals surface area contributed by atoms with Gasteiger partial charge in [0.25, 0.3) is 0 Å². The molecule has 0 aromatic rings. The molecule has 0 amide bonds. The van der Waals surface area contributed by atoms with E-state index in [2.05, 4.69) is 5.32 Å². The minimum atomic E-state index is -3.37. The van der Waals surface area contributed by atoms with E-state index in [0.717, 1.165) is 19.2 Å². The van der Waals surface area contributed by atoms with Crippen molar-refractivity contribution in [3.63, 3.8) is 0 Å². The molecule has 0 radical (unpaired) electrons. The number of rotatable bonds is 8. The zero-order chi connectivity index (χ0) is 15.3. The van der Waals surface area contributed by atoms with E-state index < -0.39 is 19.7 Å². The minimum Gasteiger partial charge on any atom is -0.312 e. The molecule has 0 heterocycles. The van der Waals surface area contributed by atoms with Crippen LogP contribution < -0.4 is 5.32 Å². The summed E-state index contributed by atoms with van der Waals surface area (Å²) in [7, 11) is -6.61. The topological polar surface area (TPSA) is 80.3 Å². The first-order chi connectivity index (χ1) is 8.37. The predicted octanol–water partition coefficient (Wildman–Crippen LogP) is 0.860. The summed E-state index contributed by atoms with van der Waals surface area (Å²) in [4.78, 5) is 0. The zero-order valence-electron chi connectivity index (χ0n) is 12.6. The molecule has 0 aromatic carbocycles. The molecule has 116 valence electrons. The standard InChI is InChI=1S/C12H27NO4S2/c1-6-7-13-11(12(2,3)4)10-19(16,17)9-8-18(5,14)15/h11,13H,6-10H2,1-5H3. The Labute approximate surface area is 118 Å². The van der Waals surface area contributed by atoms with Crippen LogP contribution in [0.3, 0.4) is 0 Å². The van der Waals surface area contributed by atoms with Gasteiger partial charge >= 0.3 is 0 Å². The lowest BCUT2D eigenvalue weighted by atomic mass is 9.88. The molecule has 0 spiro atoms. The second-order valence-corrected chi connectivity index (χ2v) is 10.6. The van der Waals surface area contributed by atoms with Gasteiger partial charge < -0.3 is 5.32 Å². The van der Waals surface area contributed by atoms with Gasteiger partial charge in [0.1, 0.15) is 9.84 Å². The normalized spacial score (nSPS) is 15.4. The summed E-state index contributed by atoms with van der Waals surface area (Å²) < 4.78 is 46.1. The Morgan fingerprint density at radius 2 is 1.58 bits per heavy atom. The van der Waals surface area contributed by atoms with Gasteiger partial charge in [-0.15, -0.1) is 0 Å². The first-order valence-corrected chi connectivity index (χ1v) is 10.4. The molecule has 0 rings (SSSR count). The quantitative estimate of drug-likeness (QED) is 0.719. The van der Waals surface area contributed by atoms with Crippen molar-refractivity contribution in [2.45, 2.75) is 40.2 Å². The highest BCUT2D eigenvalue weighted by atomic mass is 32.2. The molecule has 5 nitrogen and oxygen atoms in total. The molecule has 0 aromatic heterocycles. The van der Waals surface area contributed by atoms with E-state index in [1.807, 2.05) is 27.7 Å². The Bertz CT molecular complexity index is 460. The fourth-order valence-electron chi connectivity index (χ4n) is 1.55. The van der Waals surface area contributed by atoms with Gasteiger partial charge in [-0.25, -0.2) is 16.8 Å². The lowest BCUT2D eigenvalue weighted by molar-refractivity contribution is 0.288. The van der Waals surface area contributed by atoms with E-state index in [1.165, 1.54) is 0 Å². The highest BCUT2D eigenvalue weighted by Gasteiger charge is 2.29. The van der Waals surface area contributed by atoms with Crippen LogP contribution in [0.4, 0.5) is 0 Å². The third-order valence-electron chi connectivity index (χ3n) is 2.87. The number of sulfone groups is 2. The van der Waals surface area contributed by atoms with Crippen LogP contribution in [0.25, 0.3) is 0 Å². The Morgan fingerprint density at radius 3 is 1.95 bits per heavy atom. The van der Waals surface area contributed by atoms with Gasteiger partial charge in [-0.05, 0) is 18.4 Å². The Hall–Kier alpha value is -0.140. The minimum absolute atomic E-state index is 0.0218. The highest BCUT2D eigenvalue weighted by Crippen LogP contribution is 2.21. The molecular weight excluding hydrogens is 286 g/mol. The van der Waals surface area contributed by atoms with Crippen molar-refractivity contribution in [3.05, 3.63) is 0 Å². The molecule has 0 fully saturated rings. The number of nitrogens with one attached hydrogen (secondary N) is 1. The third-order valence-corrected chi connectivity index (χ3v) is 5.74. The molecule has 0 saturated heterocycles. The van der Waals surface area contributed by atoms with Gasteiger partial charge in [-0.3, -0.25) is 0 Å². The van der Waals surface area contributed by atoms with Crippen molar-refractivity contribution < 1.29 is 16.8 Å². The maximum absolute atomic E-state index is 12.0. The van der Waals surface area contributed by atoms with E-state index in [9.17, 15) is 16.8 Å². The SMILES string of the molecule is CCCNC(CS(=O)(=O)CCS(C)(=O)=O)C(C)(C)C. The van der Waals surface area contributed by atoms with E-state index in [-0.39, 0.29) is 28.7 Å². The van der Waals surface area contributed by atoms with E-state index >= 15 is 0 Å². The first-order valence-electron chi connectivity index (χ1n) is 6.49. The van der Waals surface area contributed by atoms with Crippen LogP contribution in [0, 0.1) is 5.41 Å². The highest BCUT2D eigenvalue weighted by molar-refractivity contribution is 7.94. The van der Waals surface area contributed by atoms with E-state index in [0.29, 0.717) is 0 Å². The maximum Gasteiger partial charge on any atom is 0.152 e. The molecule has 1 atom stereocenters. The lowest BCUT2D eigenvalue weighted by Gasteiger charge is -2.31. The van der Waals surface area contributed by atoms with Gasteiger partial charge in [-0.2, -0.15) is 0 Å². The lowest BCUT2D eigenvalue weighted by Crippen LogP contribution is -2.46. The summed E-state index contributed by atoms with van der Waals surface area (Å²) in [5, 5.41) is 3.23. The summed E-state index contributed by atoms with van der Waals surface area (Å²) in [5.74, 6) is -0.627. The summed E-state index contributed by atoms with van der Waals surface area (Å²) >= 11 is 0. The number of hydrogen-bond acceptors (Lipinski definition) is 5. The molecule has 0 bridgehead atoms. The fourth-order valence-corrected chi connectivity index (χ4v) is 5.07. The zero-order valence-corrected chi connectivity index (χ0v) is 14.2. The molecule has 1 unspecified atom stereocenters. The summed E-state index contributed by atoms with van der Waals surface area (Å²) in [6, 6.07) is -0.169. The van der Waals surface area contributed by atoms with E-state index in [4.69, 9.17) is 0 Å². The van der Waals surface area contributed by atoms with Crippen LogP contribution in [0.2, 0.25) is 0 Å². The molecule has 19 heavy (non-hydrogen) atoms. The van der Waals surface area contributed by atoms with Crippen molar-refractivity contribution in [1.29, 1.82) is 0 Å². The van der Waals surface area contributed by atoms with Crippen molar-refractivity contribution >= 4 is 19.7 Å². The average Bonchev–Trinajstić information content (AvgIpc) is 2.19. The molecule has 0 aliphatic carbocycles. The van der Waals surface area contributed by atoms with Crippen LogP contribution in [0.5, 0.6) is 0 Å². The third kappa shape index (κ3) is 9.40. The Balaban J connectivity index is 4.73. The van der Waals surface area contributed by atoms with Crippen LogP contribution in [-0.2, 0) is 19.7 Å². The molecule has 7 heteroatoms. The van der Waals surface area contributed by atoms with Gasteiger partial charge in [0, 0.05) is 12.3 Å². The largest absolute Gasteiger partial charge is 0.312 e. The van der Waals surface area contributed by atoms with Crippen molar-refractivity contribution in [3.8, 4) is 0 Å². The van der Waals surface area contributed by atoms with Gasteiger partial charge in [-0.1, -0.05) is 27.7 Å². The average molecular weight is 313 g/mol. The summed E-state index contributed by atoms with van der Waals surface area (Å²) in [5.41, 5.74) is -0.187. The monoisotopic (exact) mass is 313 g/mol. The predicted molar refractivity (Wildman–Crippen MR) is 79.9 cm³/mol. The smallest absolute Gasteiger partial charge is 0.152 e. The fraction of sp³-hybridized carbons (Fsp3) is 1.00. The van der Waals surface area contributed by atoms with Crippen molar-refractivity contribution in [2.75, 3.05) is 30.1 Å². The molecule has 0 saturated carbocycles. The summed E-state index contributed by atoms with van der Waals surface area (Å²) in [6.45, 7) is 8.71. The summed E-state index contributed by atoms with van der Waals surface area (Å²) in [6.07, 6.45) is 1.98. The second-order valence-electron chi connectivity index (χ2n) is 6.12. The van der Waals surface area contributed by atoms with Crippen molar-refractivity contribution in [2.24, 2.45) is 5.41 Å². The van der Waals surface area contributed by atoms with Gasteiger partial charge in [0.15, 0.2) is 9.84 Å². The van der Waals surface area contributed by atoms with Gasteiger partial charge in [0.2, 0.25) is 0 Å². The molecule has 0 aliphatic rings. The molecule has 0 aliphatic heterocycles. The Kier molecular flexibility index (Phi) is 6.99. The van der Waals surface area contributed by atoms with Crippen LogP contribution in [0.1, 0.15) is 34.1 Å². The van der Waals surface area contributed by atoms with Crippen LogP contribution in [-0.4, -0.2) is 52.9 Å². The van der Waals surface area contributed by atoms with Crippen molar-refractivity contribution in [1.82, 2.24) is 5.32 Å². The first kappa shape index (κ1) is 18.9. The number of hydrogen-bond donors (Lipinski definition) is 1.